The number of unbranched alkanes of at least 4 members (excludes halogenated alkanes) is 1. The fourth-order valence-corrected chi connectivity index (χ4v) is 2.51. The van der Waals surface area contributed by atoms with Crippen molar-refractivity contribution in [3.05, 3.63) is 17.1 Å². The fraction of sp³-hybridized carbons (Fsp3) is 0.364. The van der Waals surface area contributed by atoms with E-state index in [1.165, 1.54) is 11.3 Å². The zero-order chi connectivity index (χ0) is 13.0. The van der Waals surface area contributed by atoms with Crippen molar-refractivity contribution in [1.82, 2.24) is 15.5 Å². The second-order valence-electron chi connectivity index (χ2n) is 3.78. The molecule has 4 N–H and O–H groups in total. The molecule has 0 unspecified atom stereocenters. The Hall–Kier alpha value is -1.73. The molecule has 7 heteroatoms. The minimum atomic E-state index is -0.201. The fourth-order valence-electron chi connectivity index (χ4n) is 1.56. The number of rotatable bonds is 5. The van der Waals surface area contributed by atoms with Gasteiger partial charge in [-0.25, -0.2) is 0 Å². The molecular formula is C11H14N4O2S. The highest BCUT2D eigenvalue weighted by atomic mass is 32.1. The second-order valence-corrected chi connectivity index (χ2v) is 4.78. The van der Waals surface area contributed by atoms with Crippen LogP contribution in [0.3, 0.4) is 0 Å². The normalized spacial score (nSPS) is 10.7. The number of anilines is 1. The minimum absolute atomic E-state index is 0.135. The van der Waals surface area contributed by atoms with Gasteiger partial charge in [-0.3, -0.25) is 4.79 Å². The summed E-state index contributed by atoms with van der Waals surface area (Å²) in [4.78, 5) is 13.0. The Morgan fingerprint density at radius 2 is 2.33 bits per heavy atom. The van der Waals surface area contributed by atoms with E-state index in [1.54, 1.807) is 12.3 Å². The van der Waals surface area contributed by atoms with Crippen molar-refractivity contribution in [2.45, 2.75) is 12.8 Å². The first-order valence-corrected chi connectivity index (χ1v) is 6.44. The summed E-state index contributed by atoms with van der Waals surface area (Å²) >= 11 is 1.24. The topological polar surface area (TPSA) is 101 Å². The van der Waals surface area contributed by atoms with Gasteiger partial charge in [0.2, 0.25) is 0 Å². The van der Waals surface area contributed by atoms with Crippen LogP contribution < -0.4 is 11.1 Å². The third-order valence-electron chi connectivity index (χ3n) is 2.50. The van der Waals surface area contributed by atoms with Crippen LogP contribution >= 0.6 is 11.3 Å². The quantitative estimate of drug-likeness (QED) is 0.694. The van der Waals surface area contributed by atoms with Gasteiger partial charge in [0, 0.05) is 18.5 Å². The lowest BCUT2D eigenvalue weighted by atomic mass is 10.2. The molecule has 2 rings (SSSR count). The van der Waals surface area contributed by atoms with Crippen LogP contribution in [0.5, 0.6) is 0 Å². The largest absolute Gasteiger partial charge is 0.397 e. The maximum atomic E-state index is 11.9. The molecule has 0 saturated heterocycles. The summed E-state index contributed by atoms with van der Waals surface area (Å²) in [5.41, 5.74) is 6.36. The van der Waals surface area contributed by atoms with Crippen molar-refractivity contribution in [3.63, 3.8) is 0 Å². The molecule has 2 heterocycles. The number of aliphatic hydroxyl groups excluding tert-OH is 1. The molecule has 2 aromatic heterocycles. The van der Waals surface area contributed by atoms with E-state index in [0.29, 0.717) is 28.4 Å². The summed E-state index contributed by atoms with van der Waals surface area (Å²) in [5.74, 6) is -0.201. The average molecular weight is 266 g/mol. The van der Waals surface area contributed by atoms with Crippen LogP contribution in [0.1, 0.15) is 22.5 Å². The Kier molecular flexibility index (Phi) is 4.06. The van der Waals surface area contributed by atoms with Gasteiger partial charge >= 0.3 is 0 Å². The summed E-state index contributed by atoms with van der Waals surface area (Å²) in [6, 6.07) is 1.75. The van der Waals surface area contributed by atoms with Gasteiger partial charge in [0.15, 0.2) is 0 Å². The lowest BCUT2D eigenvalue weighted by Crippen LogP contribution is -2.24. The molecule has 18 heavy (non-hydrogen) atoms. The molecule has 0 radical (unpaired) electrons. The number of carbonyl (C=O) groups is 1. The van der Waals surface area contributed by atoms with E-state index >= 15 is 0 Å². The molecule has 6 nitrogen and oxygen atoms in total. The standard InChI is InChI=1S/C11H14N4O2S/c12-8-7-3-5-14-15-11(7)18-9(8)10(17)13-4-1-2-6-16/h3,5,16H,1-2,4,6,12H2,(H,13,17). The van der Waals surface area contributed by atoms with E-state index in [9.17, 15) is 4.79 Å². The summed E-state index contributed by atoms with van der Waals surface area (Å²) in [6.07, 6.45) is 2.97. The highest BCUT2D eigenvalue weighted by Crippen LogP contribution is 2.31. The summed E-state index contributed by atoms with van der Waals surface area (Å²) in [6.45, 7) is 0.662. The van der Waals surface area contributed by atoms with E-state index < -0.39 is 0 Å². The Morgan fingerprint density at radius 1 is 1.50 bits per heavy atom. The number of nitrogens with zero attached hydrogens (tertiary/aromatic N) is 2. The van der Waals surface area contributed by atoms with E-state index in [4.69, 9.17) is 10.8 Å². The van der Waals surface area contributed by atoms with E-state index in [0.717, 1.165) is 11.8 Å². The summed E-state index contributed by atoms with van der Waals surface area (Å²) in [5, 5.41) is 19.9. The predicted octanol–water partition coefficient (Wildman–Crippen LogP) is 0.776. The number of aromatic nitrogens is 2. The number of hydrogen-bond donors (Lipinski definition) is 3. The highest BCUT2D eigenvalue weighted by molar-refractivity contribution is 7.21. The number of thiophene rings is 1. The molecule has 0 saturated carbocycles. The van der Waals surface area contributed by atoms with Crippen LogP contribution in [0, 0.1) is 0 Å². The lowest BCUT2D eigenvalue weighted by molar-refractivity contribution is 0.0957. The zero-order valence-corrected chi connectivity index (χ0v) is 10.5. The van der Waals surface area contributed by atoms with Crippen molar-refractivity contribution in [2.24, 2.45) is 0 Å². The van der Waals surface area contributed by atoms with Crippen LogP contribution in [0.15, 0.2) is 12.3 Å². The first kappa shape index (κ1) is 12.7. The molecule has 0 spiro atoms. The van der Waals surface area contributed by atoms with Crippen molar-refractivity contribution in [2.75, 3.05) is 18.9 Å². The summed E-state index contributed by atoms with van der Waals surface area (Å²) < 4.78 is 0. The van der Waals surface area contributed by atoms with Gasteiger partial charge in [0.25, 0.3) is 5.91 Å². The first-order valence-electron chi connectivity index (χ1n) is 5.62. The number of carbonyl (C=O) groups excluding carboxylic acids is 1. The van der Waals surface area contributed by atoms with Gasteiger partial charge in [-0.2, -0.15) is 5.10 Å². The molecule has 0 aliphatic heterocycles. The Bertz CT molecular complexity index is 555. The second kappa shape index (κ2) is 5.74. The zero-order valence-electron chi connectivity index (χ0n) is 9.72. The van der Waals surface area contributed by atoms with Crippen LogP contribution in [0.2, 0.25) is 0 Å². The first-order chi connectivity index (χ1) is 8.74. The molecule has 0 aromatic carbocycles. The third kappa shape index (κ3) is 2.57. The number of fused-ring (bicyclic) bond motifs is 1. The van der Waals surface area contributed by atoms with Gasteiger partial charge in [-0.05, 0) is 18.9 Å². The summed E-state index contributed by atoms with van der Waals surface area (Å²) in [7, 11) is 0. The molecule has 0 aliphatic rings. The molecule has 0 atom stereocenters. The van der Waals surface area contributed by atoms with Gasteiger partial charge in [0.1, 0.15) is 9.71 Å². The van der Waals surface area contributed by atoms with Crippen molar-refractivity contribution >= 4 is 33.1 Å². The van der Waals surface area contributed by atoms with Crippen molar-refractivity contribution in [1.29, 1.82) is 0 Å². The van der Waals surface area contributed by atoms with E-state index in [1.807, 2.05) is 0 Å². The minimum Gasteiger partial charge on any atom is -0.397 e. The van der Waals surface area contributed by atoms with Gasteiger partial charge in [-0.15, -0.1) is 16.4 Å². The molecule has 0 bridgehead atoms. The third-order valence-corrected chi connectivity index (χ3v) is 3.60. The molecule has 0 aliphatic carbocycles. The van der Waals surface area contributed by atoms with Crippen molar-refractivity contribution in [3.8, 4) is 0 Å². The number of nitrogens with one attached hydrogen (secondary N) is 1. The molecule has 0 fully saturated rings. The predicted molar refractivity (Wildman–Crippen MR) is 70.5 cm³/mol. The molecular weight excluding hydrogens is 252 g/mol. The maximum Gasteiger partial charge on any atom is 0.263 e. The smallest absolute Gasteiger partial charge is 0.263 e. The van der Waals surface area contributed by atoms with Gasteiger partial charge in [0.05, 0.1) is 11.9 Å². The Labute approximate surface area is 108 Å². The molecule has 1 amide bonds. The monoisotopic (exact) mass is 266 g/mol. The van der Waals surface area contributed by atoms with Crippen molar-refractivity contribution < 1.29 is 9.90 Å². The highest BCUT2D eigenvalue weighted by Gasteiger charge is 2.16. The Morgan fingerprint density at radius 3 is 3.06 bits per heavy atom. The number of hydrogen-bond acceptors (Lipinski definition) is 6. The van der Waals surface area contributed by atoms with Gasteiger partial charge in [-0.1, -0.05) is 0 Å². The molecule has 96 valence electrons. The van der Waals surface area contributed by atoms with Crippen LogP contribution in [0.4, 0.5) is 5.69 Å². The number of aliphatic hydroxyl groups is 1. The lowest BCUT2D eigenvalue weighted by Gasteiger charge is -2.03. The number of amides is 1. The average Bonchev–Trinajstić information content (AvgIpc) is 2.73. The van der Waals surface area contributed by atoms with Crippen LogP contribution in [0.25, 0.3) is 10.2 Å². The van der Waals surface area contributed by atoms with E-state index in [2.05, 4.69) is 15.5 Å². The Balaban J connectivity index is 2.10. The molecule has 2 aromatic rings. The number of nitrogen functional groups attached to an aromatic ring is 1. The van der Waals surface area contributed by atoms with E-state index in [-0.39, 0.29) is 12.5 Å². The maximum absolute atomic E-state index is 11.9. The number of nitrogens with two attached hydrogens (primary N) is 1. The van der Waals surface area contributed by atoms with Gasteiger partial charge < -0.3 is 16.2 Å². The SMILES string of the molecule is Nc1c(C(=O)NCCCCO)sc2nnccc12. The van der Waals surface area contributed by atoms with Crippen LogP contribution in [-0.4, -0.2) is 34.4 Å². The van der Waals surface area contributed by atoms with Crippen LogP contribution in [-0.2, 0) is 0 Å².